The van der Waals surface area contributed by atoms with Gasteiger partial charge in [-0.25, -0.2) is 0 Å². The van der Waals surface area contributed by atoms with E-state index in [1.807, 2.05) is 0 Å². The van der Waals surface area contributed by atoms with E-state index in [2.05, 4.69) is 12.2 Å². The molecule has 6 heteroatoms. The van der Waals surface area contributed by atoms with Crippen molar-refractivity contribution in [1.29, 1.82) is 0 Å². The van der Waals surface area contributed by atoms with E-state index in [0.717, 1.165) is 19.3 Å². The van der Waals surface area contributed by atoms with Crippen LogP contribution >= 0.6 is 0 Å². The third-order valence-electron chi connectivity index (χ3n) is 3.52. The summed E-state index contributed by atoms with van der Waals surface area (Å²) in [6, 6.07) is 4.05. The molecule has 102 valence electrons. The number of amides is 1. The lowest BCUT2D eigenvalue weighted by Gasteiger charge is -2.13. The van der Waals surface area contributed by atoms with Gasteiger partial charge in [-0.05, 0) is 31.2 Å². The van der Waals surface area contributed by atoms with Gasteiger partial charge in [0.05, 0.1) is 10.5 Å². The Kier molecular flexibility index (Phi) is 3.69. The van der Waals surface area contributed by atoms with Crippen molar-refractivity contribution in [2.45, 2.75) is 32.2 Å². The van der Waals surface area contributed by atoms with Gasteiger partial charge >= 0.3 is 0 Å². The van der Waals surface area contributed by atoms with E-state index in [9.17, 15) is 14.9 Å². The number of carbonyl (C=O) groups is 1. The molecule has 0 spiro atoms. The molecule has 1 aliphatic rings. The maximum Gasteiger partial charge on any atom is 0.270 e. The van der Waals surface area contributed by atoms with Gasteiger partial charge in [0.2, 0.25) is 0 Å². The molecule has 1 amide bonds. The molecule has 0 aliphatic heterocycles. The molecule has 0 radical (unpaired) electrons. The minimum Gasteiger partial charge on any atom is -0.398 e. The molecule has 2 rings (SSSR count). The molecule has 3 N–H and O–H groups in total. The highest BCUT2D eigenvalue weighted by Gasteiger charge is 2.24. The summed E-state index contributed by atoms with van der Waals surface area (Å²) in [7, 11) is 0. The number of rotatable bonds is 3. The van der Waals surface area contributed by atoms with Crippen molar-refractivity contribution < 1.29 is 9.72 Å². The number of hydrogen-bond donors (Lipinski definition) is 2. The minimum atomic E-state index is -0.534. The van der Waals surface area contributed by atoms with Crippen LogP contribution in [0.4, 0.5) is 11.4 Å². The van der Waals surface area contributed by atoms with E-state index in [-0.39, 0.29) is 28.9 Å². The van der Waals surface area contributed by atoms with Crippen LogP contribution in [0.2, 0.25) is 0 Å². The van der Waals surface area contributed by atoms with E-state index in [1.54, 1.807) is 0 Å². The molecule has 6 nitrogen and oxygen atoms in total. The normalized spacial score (nSPS) is 22.2. The van der Waals surface area contributed by atoms with Gasteiger partial charge in [0.25, 0.3) is 11.6 Å². The Morgan fingerprint density at radius 1 is 1.47 bits per heavy atom. The quantitative estimate of drug-likeness (QED) is 0.495. The molecule has 1 saturated carbocycles. The monoisotopic (exact) mass is 263 g/mol. The van der Waals surface area contributed by atoms with Crippen molar-refractivity contribution >= 4 is 17.3 Å². The lowest BCUT2D eigenvalue weighted by atomic mass is 10.1. The summed E-state index contributed by atoms with van der Waals surface area (Å²) in [6.45, 7) is 2.15. The molecular formula is C13H17N3O3. The predicted molar refractivity (Wildman–Crippen MR) is 71.8 cm³/mol. The second-order valence-corrected chi connectivity index (χ2v) is 5.12. The standard InChI is InChI=1S/C13H17N3O3/c1-8-2-3-9(6-8)15-13(17)11-7-10(16(18)19)4-5-12(11)14/h4-5,7-9H,2-3,6,14H2,1H3,(H,15,17). The van der Waals surface area contributed by atoms with Crippen LogP contribution in [0.1, 0.15) is 36.5 Å². The molecule has 19 heavy (non-hydrogen) atoms. The van der Waals surface area contributed by atoms with Gasteiger partial charge in [-0.1, -0.05) is 6.92 Å². The Labute approximate surface area is 111 Å². The Bertz CT molecular complexity index is 516. The molecule has 2 atom stereocenters. The highest BCUT2D eigenvalue weighted by atomic mass is 16.6. The summed E-state index contributed by atoms with van der Waals surface area (Å²) in [5.74, 6) is 0.271. The van der Waals surface area contributed by atoms with Crippen LogP contribution in [0.15, 0.2) is 18.2 Å². The first kappa shape index (κ1) is 13.3. The maximum absolute atomic E-state index is 12.1. The molecule has 0 saturated heterocycles. The second-order valence-electron chi connectivity index (χ2n) is 5.12. The number of anilines is 1. The van der Waals surface area contributed by atoms with E-state index >= 15 is 0 Å². The van der Waals surface area contributed by atoms with E-state index in [0.29, 0.717) is 5.92 Å². The van der Waals surface area contributed by atoms with Crippen LogP contribution < -0.4 is 11.1 Å². The van der Waals surface area contributed by atoms with Crippen molar-refractivity contribution in [3.63, 3.8) is 0 Å². The van der Waals surface area contributed by atoms with Crippen molar-refractivity contribution in [3.05, 3.63) is 33.9 Å². The van der Waals surface area contributed by atoms with E-state index in [1.165, 1.54) is 18.2 Å². The predicted octanol–water partition coefficient (Wildman–Crippen LogP) is 2.10. The first-order chi connectivity index (χ1) is 8.97. The second kappa shape index (κ2) is 5.26. The number of nitro groups is 1. The van der Waals surface area contributed by atoms with Crippen LogP contribution in [0.3, 0.4) is 0 Å². The molecular weight excluding hydrogens is 246 g/mol. The average Bonchev–Trinajstić information content (AvgIpc) is 2.74. The lowest BCUT2D eigenvalue weighted by molar-refractivity contribution is -0.384. The Balaban J connectivity index is 2.14. The number of benzene rings is 1. The number of nitro benzene ring substituents is 1. The number of hydrogen-bond acceptors (Lipinski definition) is 4. The number of nitrogens with two attached hydrogens (primary N) is 1. The molecule has 0 aromatic heterocycles. The average molecular weight is 263 g/mol. The number of carbonyl (C=O) groups excluding carboxylic acids is 1. The summed E-state index contributed by atoms with van der Waals surface area (Å²) in [6.07, 6.45) is 2.98. The number of nitrogen functional groups attached to an aromatic ring is 1. The van der Waals surface area contributed by atoms with Crippen molar-refractivity contribution in [2.24, 2.45) is 5.92 Å². The van der Waals surface area contributed by atoms with Gasteiger partial charge in [-0.3, -0.25) is 14.9 Å². The molecule has 1 aromatic carbocycles. The largest absolute Gasteiger partial charge is 0.398 e. The summed E-state index contributed by atoms with van der Waals surface area (Å²) in [5, 5.41) is 13.6. The van der Waals surface area contributed by atoms with E-state index in [4.69, 9.17) is 5.73 Å². The van der Waals surface area contributed by atoms with Gasteiger partial charge in [0.1, 0.15) is 0 Å². The van der Waals surface area contributed by atoms with Gasteiger partial charge < -0.3 is 11.1 Å². The lowest BCUT2D eigenvalue weighted by Crippen LogP contribution is -2.33. The van der Waals surface area contributed by atoms with Crippen LogP contribution in [0, 0.1) is 16.0 Å². The first-order valence-electron chi connectivity index (χ1n) is 6.32. The van der Waals surface area contributed by atoms with E-state index < -0.39 is 4.92 Å². The van der Waals surface area contributed by atoms with Crippen LogP contribution in [-0.2, 0) is 0 Å². The van der Waals surface area contributed by atoms with Gasteiger partial charge in [0.15, 0.2) is 0 Å². The fourth-order valence-corrected chi connectivity index (χ4v) is 2.46. The fourth-order valence-electron chi connectivity index (χ4n) is 2.46. The smallest absolute Gasteiger partial charge is 0.270 e. The number of nitrogens with zero attached hydrogens (tertiary/aromatic N) is 1. The molecule has 1 aromatic rings. The molecule has 1 fully saturated rings. The van der Waals surface area contributed by atoms with Gasteiger partial charge in [0, 0.05) is 23.9 Å². The SMILES string of the molecule is CC1CCC(NC(=O)c2cc([N+](=O)[O-])ccc2N)C1. The third kappa shape index (κ3) is 3.01. The highest BCUT2D eigenvalue weighted by Crippen LogP contribution is 2.26. The number of nitrogens with one attached hydrogen (secondary N) is 1. The zero-order valence-corrected chi connectivity index (χ0v) is 10.8. The topological polar surface area (TPSA) is 98.3 Å². The minimum absolute atomic E-state index is 0.126. The Morgan fingerprint density at radius 2 is 2.21 bits per heavy atom. The fraction of sp³-hybridized carbons (Fsp3) is 0.462. The van der Waals surface area contributed by atoms with Crippen molar-refractivity contribution in [2.75, 3.05) is 5.73 Å². The Morgan fingerprint density at radius 3 is 2.79 bits per heavy atom. The van der Waals surface area contributed by atoms with Crippen molar-refractivity contribution in [3.8, 4) is 0 Å². The van der Waals surface area contributed by atoms with Crippen LogP contribution in [0.5, 0.6) is 0 Å². The van der Waals surface area contributed by atoms with Gasteiger partial charge in [-0.2, -0.15) is 0 Å². The number of non-ortho nitro benzene ring substituents is 1. The first-order valence-corrected chi connectivity index (χ1v) is 6.32. The van der Waals surface area contributed by atoms with Crippen LogP contribution in [-0.4, -0.2) is 16.9 Å². The zero-order valence-electron chi connectivity index (χ0n) is 10.8. The third-order valence-corrected chi connectivity index (χ3v) is 3.52. The van der Waals surface area contributed by atoms with Crippen molar-refractivity contribution in [1.82, 2.24) is 5.32 Å². The summed E-state index contributed by atoms with van der Waals surface area (Å²) >= 11 is 0. The molecule has 0 heterocycles. The molecule has 0 bridgehead atoms. The zero-order chi connectivity index (χ0) is 14.0. The van der Waals surface area contributed by atoms with Crippen LogP contribution in [0.25, 0.3) is 0 Å². The van der Waals surface area contributed by atoms with Gasteiger partial charge in [-0.15, -0.1) is 0 Å². The highest BCUT2D eigenvalue weighted by molar-refractivity contribution is 5.99. The molecule has 1 aliphatic carbocycles. The maximum atomic E-state index is 12.1. The summed E-state index contributed by atoms with van der Waals surface area (Å²) in [5.41, 5.74) is 6.02. The summed E-state index contributed by atoms with van der Waals surface area (Å²) in [4.78, 5) is 22.3. The summed E-state index contributed by atoms with van der Waals surface area (Å²) < 4.78 is 0. The molecule has 2 unspecified atom stereocenters. The Hall–Kier alpha value is -2.11.